The van der Waals surface area contributed by atoms with E-state index in [2.05, 4.69) is 45.0 Å². The van der Waals surface area contributed by atoms with Crippen LogP contribution < -0.4 is 0 Å². The van der Waals surface area contributed by atoms with Gasteiger partial charge in [0.05, 0.1) is 0 Å². The molecule has 0 aromatic carbocycles. The normalized spacial score (nSPS) is 10.6. The first kappa shape index (κ1) is 30.8. The van der Waals surface area contributed by atoms with E-state index in [4.69, 9.17) is 0 Å². The zero-order valence-electron chi connectivity index (χ0n) is 12.3. The van der Waals surface area contributed by atoms with Crippen molar-refractivity contribution in [3.05, 3.63) is 77.3 Å². The summed E-state index contributed by atoms with van der Waals surface area (Å²) in [4.78, 5) is 0. The summed E-state index contributed by atoms with van der Waals surface area (Å²) >= 11 is 1.36. The third-order valence-corrected chi connectivity index (χ3v) is 1.17. The second-order valence-corrected chi connectivity index (χ2v) is 2.01. The Bertz CT molecular complexity index is 161. The third kappa shape index (κ3) is 36.0. The Hall–Kier alpha value is 0.0600. The van der Waals surface area contributed by atoms with Crippen molar-refractivity contribution in [2.45, 2.75) is 26.7 Å². The van der Waals surface area contributed by atoms with E-state index >= 15 is 0 Å². The molecule has 0 unspecified atom stereocenters. The molecule has 2 heteroatoms. The molecule has 0 aromatic rings. The molecule has 0 nitrogen and oxygen atoms in total. The zero-order valence-corrected chi connectivity index (χ0v) is 15.8. The van der Waals surface area contributed by atoms with E-state index in [1.54, 1.807) is 13.8 Å². The average molecular weight is 338 g/mol. The molecule has 0 saturated heterocycles. The van der Waals surface area contributed by atoms with Crippen LogP contribution in [0.25, 0.3) is 0 Å². The Labute approximate surface area is 134 Å². The standard InChI is InChI=1S/2C5H5.2C2H5.2CH3.Si.Zr/c2*1-2-4-5-3-1;2*1-2;;;;/h2*1-3H,4H2;2*1H2,2H3;2*1H3;;/q6*-1;;. The molecule has 2 aliphatic rings. The van der Waals surface area contributed by atoms with Crippen LogP contribution in [0.5, 0.6) is 0 Å². The van der Waals surface area contributed by atoms with Crippen molar-refractivity contribution in [2.75, 3.05) is 0 Å². The van der Waals surface area contributed by atoms with Crippen LogP contribution in [-0.4, -0.2) is 6.88 Å². The fraction of sp³-hybridized carbons (Fsp3) is 0.250. The zero-order chi connectivity index (χ0) is 13.1. The van der Waals surface area contributed by atoms with Crippen molar-refractivity contribution in [1.82, 2.24) is 0 Å². The molecular formula is C16H26SiZr-6. The van der Waals surface area contributed by atoms with Crippen LogP contribution in [0.3, 0.4) is 0 Å². The summed E-state index contributed by atoms with van der Waals surface area (Å²) in [5, 5.41) is 0. The SMILES string of the molecule is [C-]1=CC=CC1.[C-]1=CC=CC1.[CH2-]C.[CH2-]C.[CH3-].[CH3-].[Si]=[Zr]. The van der Waals surface area contributed by atoms with Crippen molar-refractivity contribution >= 4 is 6.88 Å². The fourth-order valence-electron chi connectivity index (χ4n) is 0.680. The van der Waals surface area contributed by atoms with E-state index < -0.39 is 0 Å². The van der Waals surface area contributed by atoms with Crippen LogP contribution >= 0.6 is 0 Å². The molecule has 0 atom stereocenters. The van der Waals surface area contributed by atoms with Gasteiger partial charge in [0.2, 0.25) is 0 Å². The van der Waals surface area contributed by atoms with Crippen molar-refractivity contribution in [3.63, 3.8) is 0 Å². The molecule has 104 valence electrons. The summed E-state index contributed by atoms with van der Waals surface area (Å²) < 4.78 is 0. The molecular weight excluding hydrogens is 311 g/mol. The molecule has 0 heterocycles. The minimum atomic E-state index is 0. The van der Waals surface area contributed by atoms with E-state index in [9.17, 15) is 0 Å². The first-order chi connectivity index (χ1) is 8.00. The monoisotopic (exact) mass is 336 g/mol. The van der Waals surface area contributed by atoms with Crippen LogP contribution in [0.4, 0.5) is 0 Å². The van der Waals surface area contributed by atoms with Gasteiger partial charge in [0.15, 0.2) is 0 Å². The molecule has 0 N–H and O–H groups in total. The number of rotatable bonds is 0. The Kier molecular flexibility index (Phi) is 74.4. The second-order valence-electron chi connectivity index (χ2n) is 2.01. The summed E-state index contributed by atoms with van der Waals surface area (Å²) in [7, 11) is 0. The van der Waals surface area contributed by atoms with E-state index in [0.717, 1.165) is 12.8 Å². The van der Waals surface area contributed by atoms with E-state index in [1.165, 1.54) is 23.3 Å². The molecule has 0 aromatic heterocycles. The van der Waals surface area contributed by atoms with Gasteiger partial charge in [0, 0.05) is 0 Å². The molecule has 0 aliphatic heterocycles. The maximum atomic E-state index is 3.25. The Morgan fingerprint density at radius 2 is 1.11 bits per heavy atom. The maximum absolute atomic E-state index is 3.25. The van der Waals surface area contributed by atoms with Gasteiger partial charge in [-0.15, -0.1) is 12.8 Å². The summed E-state index contributed by atoms with van der Waals surface area (Å²) in [5.41, 5.74) is 0. The average Bonchev–Trinajstić information content (AvgIpc) is 3.14. The van der Waals surface area contributed by atoms with Gasteiger partial charge < -0.3 is 28.7 Å². The number of allylic oxidation sites excluding steroid dienone is 8. The van der Waals surface area contributed by atoms with Gasteiger partial charge in [0.1, 0.15) is 0 Å². The first-order valence-electron chi connectivity index (χ1n) is 5.10. The fourth-order valence-corrected chi connectivity index (χ4v) is 0.680. The van der Waals surface area contributed by atoms with Gasteiger partial charge in [0.25, 0.3) is 0 Å². The molecule has 0 saturated carbocycles. The van der Waals surface area contributed by atoms with Crippen LogP contribution in [0, 0.1) is 40.9 Å². The van der Waals surface area contributed by atoms with Gasteiger partial charge >= 0.3 is 30.2 Å². The quantitative estimate of drug-likeness (QED) is 0.439. The van der Waals surface area contributed by atoms with Crippen molar-refractivity contribution in [3.8, 4) is 0 Å². The van der Waals surface area contributed by atoms with Gasteiger partial charge in [-0.25, -0.2) is 24.3 Å². The molecule has 0 amide bonds. The first-order valence-corrected chi connectivity index (χ1v) is 9.29. The molecule has 0 bridgehead atoms. The molecule has 0 fully saturated rings. The van der Waals surface area contributed by atoms with Gasteiger partial charge in [-0.05, 0) is 0 Å². The van der Waals surface area contributed by atoms with Gasteiger partial charge in [-0.3, -0.25) is 12.2 Å². The van der Waals surface area contributed by atoms with E-state index in [0.29, 0.717) is 0 Å². The Morgan fingerprint density at radius 1 is 0.833 bits per heavy atom. The number of hydrogen-bond donors (Lipinski definition) is 0. The Balaban J connectivity index is -0.0000000415. The predicted octanol–water partition coefficient (Wildman–Crippen LogP) is 4.81. The topological polar surface area (TPSA) is 0 Å². The van der Waals surface area contributed by atoms with Crippen LogP contribution in [0.2, 0.25) is 0 Å². The Morgan fingerprint density at radius 3 is 1.17 bits per heavy atom. The number of hydrogen-bond acceptors (Lipinski definition) is 0. The molecule has 2 radical (unpaired) electrons. The van der Waals surface area contributed by atoms with Crippen LogP contribution in [-0.2, 0) is 23.3 Å². The minimum absolute atomic E-state index is 0. The van der Waals surface area contributed by atoms with E-state index in [1.807, 2.05) is 24.3 Å². The predicted molar refractivity (Wildman–Crippen MR) is 83.8 cm³/mol. The molecule has 2 aliphatic carbocycles. The van der Waals surface area contributed by atoms with E-state index in [-0.39, 0.29) is 14.9 Å². The molecule has 2 rings (SSSR count). The van der Waals surface area contributed by atoms with Gasteiger partial charge in [-0.1, -0.05) is 0 Å². The summed E-state index contributed by atoms with van der Waals surface area (Å²) in [5.74, 6) is 0. The summed E-state index contributed by atoms with van der Waals surface area (Å²) in [6.45, 7) is 13.1. The second kappa shape index (κ2) is 43.5. The molecule has 0 spiro atoms. The molecule has 18 heavy (non-hydrogen) atoms. The summed E-state index contributed by atoms with van der Waals surface area (Å²) in [6.07, 6.45) is 20.0. The third-order valence-electron chi connectivity index (χ3n) is 1.17. The van der Waals surface area contributed by atoms with Crippen LogP contribution in [0.1, 0.15) is 26.7 Å². The van der Waals surface area contributed by atoms with Gasteiger partial charge in [-0.2, -0.15) is 26.0 Å². The van der Waals surface area contributed by atoms with Crippen molar-refractivity contribution in [1.29, 1.82) is 0 Å². The summed E-state index contributed by atoms with van der Waals surface area (Å²) in [6, 6.07) is 0. The van der Waals surface area contributed by atoms with Crippen LogP contribution in [0.15, 0.2) is 36.5 Å². The van der Waals surface area contributed by atoms with Crippen molar-refractivity contribution in [2.24, 2.45) is 0 Å². The van der Waals surface area contributed by atoms with Crippen molar-refractivity contribution < 1.29 is 23.3 Å².